The van der Waals surface area contributed by atoms with Gasteiger partial charge >= 0.3 is 0 Å². The molecule has 0 aromatic carbocycles. The van der Waals surface area contributed by atoms with Gasteiger partial charge in [0.25, 0.3) is 0 Å². The highest BCUT2D eigenvalue weighted by Gasteiger charge is 2.09. The number of anilines is 1. The molecule has 0 spiro atoms. The molecule has 0 saturated heterocycles. The van der Waals surface area contributed by atoms with Crippen LogP contribution in [0.4, 0.5) is 5.95 Å². The van der Waals surface area contributed by atoms with Crippen LogP contribution >= 0.6 is 15.9 Å². The van der Waals surface area contributed by atoms with E-state index in [0.717, 1.165) is 18.4 Å². The number of aromatic nitrogens is 2. The van der Waals surface area contributed by atoms with Crippen LogP contribution in [0.25, 0.3) is 0 Å². The minimum absolute atomic E-state index is 0.604. The van der Waals surface area contributed by atoms with E-state index in [1.165, 1.54) is 0 Å². The summed E-state index contributed by atoms with van der Waals surface area (Å²) < 4.78 is 10.4. The zero-order valence-electron chi connectivity index (χ0n) is 10.2. The van der Waals surface area contributed by atoms with Crippen LogP contribution < -0.4 is 9.64 Å². The summed E-state index contributed by atoms with van der Waals surface area (Å²) in [7, 11) is 1.68. The van der Waals surface area contributed by atoms with Crippen molar-refractivity contribution in [2.24, 2.45) is 0 Å². The predicted molar refractivity (Wildman–Crippen MR) is 71.1 cm³/mol. The zero-order chi connectivity index (χ0) is 12.5. The van der Waals surface area contributed by atoms with Crippen molar-refractivity contribution >= 4 is 21.9 Å². The van der Waals surface area contributed by atoms with Gasteiger partial charge in [0.05, 0.1) is 13.2 Å². The summed E-state index contributed by atoms with van der Waals surface area (Å²) in [6.07, 6.45) is 1.71. The largest absolute Gasteiger partial charge is 0.478 e. The molecule has 1 aromatic heterocycles. The van der Waals surface area contributed by atoms with Crippen LogP contribution in [0.1, 0.15) is 6.92 Å². The van der Waals surface area contributed by atoms with Crippen molar-refractivity contribution in [1.82, 2.24) is 9.97 Å². The maximum Gasteiger partial charge on any atom is 0.228 e. The Bertz CT molecular complexity index is 325. The Balaban J connectivity index is 2.73. The lowest BCUT2D eigenvalue weighted by molar-refractivity contribution is 0.205. The second-order valence-corrected chi connectivity index (χ2v) is 4.09. The van der Waals surface area contributed by atoms with Crippen LogP contribution in [0.3, 0.4) is 0 Å². The number of rotatable bonds is 8. The normalized spacial score (nSPS) is 10.3. The number of hydrogen-bond donors (Lipinski definition) is 0. The fraction of sp³-hybridized carbons (Fsp3) is 0.636. The average Bonchev–Trinajstić information content (AvgIpc) is 2.35. The van der Waals surface area contributed by atoms with E-state index >= 15 is 0 Å². The number of halogens is 1. The molecule has 1 heterocycles. The third-order valence-electron chi connectivity index (χ3n) is 2.11. The Morgan fingerprint density at radius 2 is 2.24 bits per heavy atom. The molecule has 0 aliphatic carbocycles. The van der Waals surface area contributed by atoms with Gasteiger partial charge in [-0.1, -0.05) is 15.9 Å². The van der Waals surface area contributed by atoms with Gasteiger partial charge in [-0.15, -0.1) is 0 Å². The molecular weight excluding hydrogens is 286 g/mol. The molecule has 0 atom stereocenters. The van der Waals surface area contributed by atoms with E-state index in [-0.39, 0.29) is 0 Å². The minimum Gasteiger partial charge on any atom is -0.478 e. The molecule has 6 heteroatoms. The second-order valence-electron chi connectivity index (χ2n) is 3.30. The van der Waals surface area contributed by atoms with Crippen LogP contribution in [0.2, 0.25) is 0 Å². The van der Waals surface area contributed by atoms with E-state index in [1.807, 2.05) is 6.92 Å². The maximum absolute atomic E-state index is 5.36. The molecule has 0 fully saturated rings. The molecule has 5 nitrogen and oxygen atoms in total. The van der Waals surface area contributed by atoms with Gasteiger partial charge in [-0.2, -0.15) is 4.98 Å². The van der Waals surface area contributed by atoms with Gasteiger partial charge in [-0.05, 0) is 6.92 Å². The first-order valence-electron chi connectivity index (χ1n) is 5.57. The Morgan fingerprint density at radius 3 is 2.88 bits per heavy atom. The molecule has 0 N–H and O–H groups in total. The Morgan fingerprint density at radius 1 is 1.41 bits per heavy atom. The van der Waals surface area contributed by atoms with Crippen molar-refractivity contribution in [2.45, 2.75) is 6.92 Å². The van der Waals surface area contributed by atoms with Gasteiger partial charge in [0.15, 0.2) is 0 Å². The van der Waals surface area contributed by atoms with Gasteiger partial charge < -0.3 is 14.4 Å². The van der Waals surface area contributed by atoms with E-state index in [9.17, 15) is 0 Å². The smallest absolute Gasteiger partial charge is 0.228 e. The summed E-state index contributed by atoms with van der Waals surface area (Å²) in [5.41, 5.74) is 0. The summed E-state index contributed by atoms with van der Waals surface area (Å²) in [4.78, 5) is 10.7. The molecule has 0 bridgehead atoms. The van der Waals surface area contributed by atoms with Crippen LogP contribution in [-0.4, -0.2) is 48.7 Å². The summed E-state index contributed by atoms with van der Waals surface area (Å²) in [6, 6.07) is 1.76. The van der Waals surface area contributed by atoms with Crippen molar-refractivity contribution in [2.75, 3.05) is 43.6 Å². The molecular formula is C11H18BrN3O2. The topological polar surface area (TPSA) is 47.5 Å². The first-order chi connectivity index (χ1) is 8.31. The summed E-state index contributed by atoms with van der Waals surface area (Å²) >= 11 is 3.42. The highest BCUT2D eigenvalue weighted by atomic mass is 79.9. The third-order valence-corrected chi connectivity index (χ3v) is 2.47. The fourth-order valence-electron chi connectivity index (χ4n) is 1.33. The van der Waals surface area contributed by atoms with Gasteiger partial charge in [0.1, 0.15) is 0 Å². The molecule has 1 rings (SSSR count). The number of alkyl halides is 1. The van der Waals surface area contributed by atoms with E-state index < -0.39 is 0 Å². The highest BCUT2D eigenvalue weighted by molar-refractivity contribution is 9.09. The maximum atomic E-state index is 5.36. The Kier molecular flexibility index (Phi) is 6.88. The molecule has 17 heavy (non-hydrogen) atoms. The Hall–Kier alpha value is -0.880. The predicted octanol–water partition coefficient (Wildman–Crippen LogP) is 1.72. The van der Waals surface area contributed by atoms with Crippen LogP contribution in [0.5, 0.6) is 5.88 Å². The van der Waals surface area contributed by atoms with E-state index in [1.54, 1.807) is 19.4 Å². The van der Waals surface area contributed by atoms with E-state index in [2.05, 4.69) is 30.8 Å². The quantitative estimate of drug-likeness (QED) is 0.684. The van der Waals surface area contributed by atoms with Crippen molar-refractivity contribution < 1.29 is 9.47 Å². The lowest BCUT2D eigenvalue weighted by atomic mass is 10.5. The van der Waals surface area contributed by atoms with Crippen molar-refractivity contribution in [3.8, 4) is 5.88 Å². The summed E-state index contributed by atoms with van der Waals surface area (Å²) in [5, 5.41) is 0.860. The SMILES string of the molecule is CCOc1ccnc(N(CCBr)CCOC)n1. The van der Waals surface area contributed by atoms with Crippen LogP contribution in [-0.2, 0) is 4.74 Å². The molecule has 1 aromatic rings. The fourth-order valence-corrected chi connectivity index (χ4v) is 1.76. The number of nitrogens with zero attached hydrogens (tertiary/aromatic N) is 3. The number of ether oxygens (including phenoxy) is 2. The molecule has 96 valence electrons. The third kappa shape index (κ3) is 4.87. The number of hydrogen-bond acceptors (Lipinski definition) is 5. The average molecular weight is 304 g/mol. The van der Waals surface area contributed by atoms with Gasteiger partial charge in [0, 0.05) is 37.8 Å². The second kappa shape index (κ2) is 8.25. The lowest BCUT2D eigenvalue weighted by Crippen LogP contribution is -2.30. The van der Waals surface area contributed by atoms with Crippen LogP contribution in [0, 0.1) is 0 Å². The van der Waals surface area contributed by atoms with E-state index in [4.69, 9.17) is 9.47 Å². The molecule has 0 saturated carbocycles. The van der Waals surface area contributed by atoms with Crippen LogP contribution in [0.15, 0.2) is 12.3 Å². The molecule has 0 amide bonds. The first kappa shape index (κ1) is 14.2. The highest BCUT2D eigenvalue weighted by Crippen LogP contribution is 2.12. The summed E-state index contributed by atoms with van der Waals surface area (Å²) in [5.74, 6) is 1.28. The standard InChI is InChI=1S/C11H18BrN3O2/c1-3-17-10-4-6-13-11(14-10)15(7-5-12)8-9-16-2/h4,6H,3,5,7-9H2,1-2H3. The minimum atomic E-state index is 0.604. The van der Waals surface area contributed by atoms with E-state index in [0.29, 0.717) is 25.0 Å². The van der Waals surface area contributed by atoms with Gasteiger partial charge in [-0.25, -0.2) is 4.98 Å². The van der Waals surface area contributed by atoms with Crippen molar-refractivity contribution in [3.63, 3.8) is 0 Å². The van der Waals surface area contributed by atoms with Gasteiger partial charge in [0.2, 0.25) is 11.8 Å². The summed E-state index contributed by atoms with van der Waals surface area (Å²) in [6.45, 7) is 4.78. The monoisotopic (exact) mass is 303 g/mol. The first-order valence-corrected chi connectivity index (χ1v) is 6.69. The molecule has 0 radical (unpaired) electrons. The van der Waals surface area contributed by atoms with Crippen molar-refractivity contribution in [3.05, 3.63) is 12.3 Å². The zero-order valence-corrected chi connectivity index (χ0v) is 11.8. The number of methoxy groups -OCH3 is 1. The molecule has 0 aliphatic heterocycles. The van der Waals surface area contributed by atoms with Gasteiger partial charge in [-0.3, -0.25) is 0 Å². The molecule has 0 aliphatic rings. The lowest BCUT2D eigenvalue weighted by Gasteiger charge is -2.21. The Labute approximate surface area is 110 Å². The molecule has 0 unspecified atom stereocenters. The van der Waals surface area contributed by atoms with Crippen molar-refractivity contribution in [1.29, 1.82) is 0 Å².